The molecule has 30 heavy (non-hydrogen) atoms. The minimum atomic E-state index is 0.210. The van der Waals surface area contributed by atoms with Crippen molar-refractivity contribution in [3.8, 4) is 0 Å². The zero-order valence-corrected chi connectivity index (χ0v) is 17.4. The highest BCUT2D eigenvalue weighted by Crippen LogP contribution is 2.33. The van der Waals surface area contributed by atoms with Crippen molar-refractivity contribution >= 4 is 17.6 Å². The minimum absolute atomic E-state index is 0.210. The molecule has 5 rings (SSSR count). The van der Waals surface area contributed by atoms with Crippen LogP contribution in [0.4, 0.5) is 0 Å². The van der Waals surface area contributed by atoms with Crippen LogP contribution in [0.2, 0.25) is 0 Å². The van der Waals surface area contributed by atoms with E-state index in [2.05, 4.69) is 43.1 Å². The van der Waals surface area contributed by atoms with Gasteiger partial charge in [-0.25, -0.2) is 0 Å². The average molecular weight is 393 g/mol. The number of nitrogens with zero attached hydrogens (tertiary/aromatic N) is 2. The molecule has 0 spiro atoms. The van der Waals surface area contributed by atoms with Gasteiger partial charge < -0.3 is 0 Å². The monoisotopic (exact) mass is 392 g/mol. The Balaban J connectivity index is 1.43. The molecule has 1 aliphatic carbocycles. The molecule has 0 N–H and O–H groups in total. The van der Waals surface area contributed by atoms with Crippen LogP contribution < -0.4 is 0 Å². The second-order valence-corrected chi connectivity index (χ2v) is 8.43. The Hall–Kier alpha value is -3.33. The smallest absolute Gasteiger partial charge is 0.163 e. The zero-order chi connectivity index (χ0) is 20.7. The number of hydrogen-bond acceptors (Lipinski definition) is 3. The number of fused-ring (bicyclic) bond motifs is 2. The number of aliphatic imine (C=N–C) groups is 1. The first-order chi connectivity index (χ1) is 14.6. The first kappa shape index (κ1) is 18.7. The number of rotatable bonds is 5. The van der Waals surface area contributed by atoms with Crippen LogP contribution in [0, 0.1) is 0 Å². The molecule has 2 aliphatic rings. The number of aromatic nitrogens is 1. The van der Waals surface area contributed by atoms with E-state index in [4.69, 9.17) is 4.99 Å². The van der Waals surface area contributed by atoms with Gasteiger partial charge in [0.2, 0.25) is 0 Å². The number of ketones is 1. The van der Waals surface area contributed by atoms with E-state index < -0.39 is 0 Å². The third-order valence-electron chi connectivity index (χ3n) is 5.95. The van der Waals surface area contributed by atoms with Crippen LogP contribution >= 0.6 is 0 Å². The molecule has 0 amide bonds. The maximum absolute atomic E-state index is 12.8. The van der Waals surface area contributed by atoms with E-state index >= 15 is 0 Å². The van der Waals surface area contributed by atoms with E-state index in [1.165, 1.54) is 16.7 Å². The van der Waals surface area contributed by atoms with E-state index in [0.29, 0.717) is 18.9 Å². The summed E-state index contributed by atoms with van der Waals surface area (Å²) >= 11 is 0. The summed E-state index contributed by atoms with van der Waals surface area (Å²) in [7, 11) is 0. The molecule has 0 atom stereocenters. The molecule has 1 aromatic heterocycles. The molecule has 3 nitrogen and oxygen atoms in total. The molecule has 3 heteroatoms. The third-order valence-corrected chi connectivity index (χ3v) is 5.95. The topological polar surface area (TPSA) is 42.3 Å². The number of hydrogen-bond donors (Lipinski definition) is 0. The van der Waals surface area contributed by atoms with E-state index in [9.17, 15) is 4.79 Å². The van der Waals surface area contributed by atoms with Crippen molar-refractivity contribution in [3.63, 3.8) is 0 Å². The first-order valence-corrected chi connectivity index (χ1v) is 10.5. The van der Waals surface area contributed by atoms with Gasteiger partial charge in [-0.1, -0.05) is 50.2 Å². The number of carbonyl (C=O) groups is 1. The van der Waals surface area contributed by atoms with Gasteiger partial charge in [0, 0.05) is 41.4 Å². The molecule has 0 bridgehead atoms. The second kappa shape index (κ2) is 7.49. The molecular weight excluding hydrogens is 368 g/mol. The number of Topliss-reactive ketones (excluding diaryl/α,β-unsaturated/α-hetero) is 1. The molecule has 148 valence electrons. The average Bonchev–Trinajstić information content (AvgIpc) is 3.36. The van der Waals surface area contributed by atoms with Gasteiger partial charge in [0.05, 0.1) is 12.3 Å². The summed E-state index contributed by atoms with van der Waals surface area (Å²) in [5.41, 5.74) is 10.0. The van der Waals surface area contributed by atoms with Gasteiger partial charge in [-0.2, -0.15) is 0 Å². The third kappa shape index (κ3) is 3.41. The summed E-state index contributed by atoms with van der Waals surface area (Å²) in [5, 5.41) is 0. The fraction of sp³-hybridized carbons (Fsp3) is 0.222. The molecule has 0 radical (unpaired) electrons. The van der Waals surface area contributed by atoms with Crippen LogP contribution in [0.5, 0.6) is 0 Å². The van der Waals surface area contributed by atoms with Gasteiger partial charge in [-0.15, -0.1) is 0 Å². The molecule has 0 saturated carbocycles. The standard InChI is InChI=1S/C27H24N2O/c1-17(2)25-15-19(8-9-28-25)27-24-14-21-12-22(11-20(21)13-23(24)16-29-27)26(30)10-18-6-4-3-5-7-18/h3-9,12-15,17H,10-11,16H2,1-2H3. The fourth-order valence-electron chi connectivity index (χ4n) is 4.28. The molecule has 2 aromatic carbocycles. The van der Waals surface area contributed by atoms with Crippen molar-refractivity contribution in [3.05, 3.63) is 105 Å². The van der Waals surface area contributed by atoms with Crippen LogP contribution in [-0.2, 0) is 24.2 Å². The number of carbonyl (C=O) groups excluding carboxylic acids is 1. The lowest BCUT2D eigenvalue weighted by molar-refractivity contribution is -0.114. The van der Waals surface area contributed by atoms with Gasteiger partial charge >= 0.3 is 0 Å². The fourth-order valence-corrected chi connectivity index (χ4v) is 4.28. The van der Waals surface area contributed by atoms with E-state index in [1.807, 2.05) is 42.6 Å². The molecule has 0 unspecified atom stereocenters. The van der Waals surface area contributed by atoms with Crippen molar-refractivity contribution in [1.29, 1.82) is 0 Å². The lowest BCUT2D eigenvalue weighted by atomic mass is 9.95. The molecule has 2 heterocycles. The van der Waals surface area contributed by atoms with Gasteiger partial charge in [-0.05, 0) is 52.4 Å². The predicted octanol–water partition coefficient (Wildman–Crippen LogP) is 5.31. The van der Waals surface area contributed by atoms with Crippen LogP contribution in [-0.4, -0.2) is 16.5 Å². The normalized spacial score (nSPS) is 14.4. The highest BCUT2D eigenvalue weighted by Gasteiger charge is 2.24. The highest BCUT2D eigenvalue weighted by atomic mass is 16.1. The first-order valence-electron chi connectivity index (χ1n) is 10.5. The predicted molar refractivity (Wildman–Crippen MR) is 121 cm³/mol. The van der Waals surface area contributed by atoms with Crippen LogP contribution in [0.15, 0.2) is 71.4 Å². The lowest BCUT2D eigenvalue weighted by Crippen LogP contribution is -2.06. The minimum Gasteiger partial charge on any atom is -0.294 e. The van der Waals surface area contributed by atoms with Gasteiger partial charge in [0.15, 0.2) is 5.78 Å². The number of benzene rings is 2. The maximum Gasteiger partial charge on any atom is 0.163 e. The van der Waals surface area contributed by atoms with E-state index in [-0.39, 0.29) is 5.78 Å². The molecular formula is C27H24N2O. The molecule has 3 aromatic rings. The Kier molecular flexibility index (Phi) is 4.66. The van der Waals surface area contributed by atoms with Crippen molar-refractivity contribution in [2.45, 2.75) is 39.2 Å². The van der Waals surface area contributed by atoms with Crippen molar-refractivity contribution < 1.29 is 4.79 Å². The Morgan fingerprint density at radius 2 is 1.87 bits per heavy atom. The maximum atomic E-state index is 12.8. The zero-order valence-electron chi connectivity index (χ0n) is 17.4. The van der Waals surface area contributed by atoms with Crippen LogP contribution in [0.25, 0.3) is 6.08 Å². The summed E-state index contributed by atoms with van der Waals surface area (Å²) < 4.78 is 0. The molecule has 0 fully saturated rings. The highest BCUT2D eigenvalue weighted by molar-refractivity contribution is 6.15. The van der Waals surface area contributed by atoms with Gasteiger partial charge in [0.25, 0.3) is 0 Å². The Labute approximate surface area is 177 Å². The van der Waals surface area contributed by atoms with Gasteiger partial charge in [0.1, 0.15) is 0 Å². The largest absolute Gasteiger partial charge is 0.294 e. The van der Waals surface area contributed by atoms with Crippen molar-refractivity contribution in [1.82, 2.24) is 4.98 Å². The summed E-state index contributed by atoms with van der Waals surface area (Å²) in [4.78, 5) is 22.1. The summed E-state index contributed by atoms with van der Waals surface area (Å²) in [6, 6.07) is 18.6. The summed E-state index contributed by atoms with van der Waals surface area (Å²) in [5.74, 6) is 0.592. The quantitative estimate of drug-likeness (QED) is 0.591. The second-order valence-electron chi connectivity index (χ2n) is 8.43. The van der Waals surface area contributed by atoms with Gasteiger partial charge in [-0.3, -0.25) is 14.8 Å². The Morgan fingerprint density at radius 3 is 2.67 bits per heavy atom. The van der Waals surface area contributed by atoms with Crippen LogP contribution in [0.1, 0.15) is 58.8 Å². The SMILES string of the molecule is CC(C)c1cc(C2=NCc3cc4c(cc32)C=C(C(=O)Cc2ccccc2)C4)ccn1. The lowest BCUT2D eigenvalue weighted by Gasteiger charge is -2.10. The van der Waals surface area contributed by atoms with Crippen molar-refractivity contribution in [2.75, 3.05) is 0 Å². The van der Waals surface area contributed by atoms with E-state index in [1.54, 1.807) is 0 Å². The number of allylic oxidation sites excluding steroid dienone is 1. The van der Waals surface area contributed by atoms with E-state index in [0.717, 1.165) is 40.1 Å². The summed E-state index contributed by atoms with van der Waals surface area (Å²) in [6.45, 7) is 5.01. The number of pyridine rings is 1. The summed E-state index contributed by atoms with van der Waals surface area (Å²) in [6.07, 6.45) is 5.13. The van der Waals surface area contributed by atoms with Crippen LogP contribution in [0.3, 0.4) is 0 Å². The Bertz CT molecular complexity index is 1200. The molecule has 1 aliphatic heterocycles. The van der Waals surface area contributed by atoms with Crippen molar-refractivity contribution in [2.24, 2.45) is 4.99 Å². The Morgan fingerprint density at radius 1 is 1.03 bits per heavy atom. The molecule has 0 saturated heterocycles.